The lowest BCUT2D eigenvalue weighted by Crippen LogP contribution is -2.01. The van der Waals surface area contributed by atoms with Crippen LogP contribution in [-0.2, 0) is 16.5 Å². The zero-order valence-electron chi connectivity index (χ0n) is 15.9. The van der Waals surface area contributed by atoms with E-state index in [-0.39, 0.29) is 4.90 Å². The molecule has 0 atom stereocenters. The molecule has 0 unspecified atom stereocenters. The van der Waals surface area contributed by atoms with Gasteiger partial charge in [-0.1, -0.05) is 95.0 Å². The first-order valence-electron chi connectivity index (χ1n) is 10.0. The Bertz CT molecular complexity index is 776. The molecule has 144 valence electrons. The first kappa shape index (κ1) is 20.9. The van der Waals surface area contributed by atoms with E-state index in [0.717, 1.165) is 23.8 Å². The van der Waals surface area contributed by atoms with Crippen LogP contribution in [0.5, 0.6) is 0 Å². The fraction of sp³-hybridized carbons (Fsp3) is 0.545. The number of hydrogen-bond acceptors (Lipinski definition) is 2. The average Bonchev–Trinajstić information content (AvgIpc) is 2.62. The van der Waals surface area contributed by atoms with Gasteiger partial charge in [-0.15, -0.1) is 0 Å². The molecule has 26 heavy (non-hydrogen) atoms. The lowest BCUT2D eigenvalue weighted by molar-refractivity contribution is 0.484. The summed E-state index contributed by atoms with van der Waals surface area (Å²) in [5.41, 5.74) is 1.01. The fourth-order valence-corrected chi connectivity index (χ4v) is 4.37. The third kappa shape index (κ3) is 6.40. The van der Waals surface area contributed by atoms with E-state index in [9.17, 15) is 13.0 Å². The van der Waals surface area contributed by atoms with Crippen LogP contribution in [0.25, 0.3) is 10.8 Å². The largest absolute Gasteiger partial charge is 0.295 e. The summed E-state index contributed by atoms with van der Waals surface area (Å²) in [4.78, 5) is 0.0256. The van der Waals surface area contributed by atoms with Crippen LogP contribution in [0.1, 0.15) is 76.7 Å². The van der Waals surface area contributed by atoms with Crippen molar-refractivity contribution in [2.75, 3.05) is 0 Å². The third-order valence-corrected chi connectivity index (χ3v) is 5.93. The molecule has 3 nitrogen and oxygen atoms in total. The Balaban J connectivity index is 1.84. The second kappa shape index (κ2) is 10.7. The van der Waals surface area contributed by atoms with E-state index in [1.165, 1.54) is 63.9 Å². The third-order valence-electron chi connectivity index (χ3n) is 5.03. The zero-order chi connectivity index (χ0) is 18.8. The van der Waals surface area contributed by atoms with Crippen LogP contribution < -0.4 is 0 Å². The maximum atomic E-state index is 11.7. The van der Waals surface area contributed by atoms with Crippen molar-refractivity contribution in [2.24, 2.45) is 0 Å². The highest BCUT2D eigenvalue weighted by Crippen LogP contribution is 2.27. The smallest absolute Gasteiger partial charge is 0.282 e. The molecule has 2 aromatic carbocycles. The van der Waals surface area contributed by atoms with Gasteiger partial charge in [-0.25, -0.2) is 0 Å². The number of benzene rings is 2. The van der Waals surface area contributed by atoms with Gasteiger partial charge < -0.3 is 0 Å². The van der Waals surface area contributed by atoms with Crippen LogP contribution >= 0.6 is 0 Å². The molecular weight excluding hydrogens is 344 g/mol. The molecule has 4 heteroatoms. The Morgan fingerprint density at radius 2 is 1.31 bits per heavy atom. The predicted molar refractivity (Wildman–Crippen MR) is 109 cm³/mol. The van der Waals surface area contributed by atoms with Crippen LogP contribution in [0.15, 0.2) is 41.3 Å². The van der Waals surface area contributed by atoms with Crippen molar-refractivity contribution in [1.82, 2.24) is 0 Å². The monoisotopic (exact) mass is 376 g/mol. The summed E-state index contributed by atoms with van der Waals surface area (Å²) in [6.45, 7) is 2.24. The van der Waals surface area contributed by atoms with Crippen LogP contribution in [0, 0.1) is 0 Å². The normalized spacial score (nSPS) is 11.9. The van der Waals surface area contributed by atoms with Crippen molar-refractivity contribution < 1.29 is 13.0 Å². The minimum atomic E-state index is -4.20. The minimum Gasteiger partial charge on any atom is -0.282 e. The van der Waals surface area contributed by atoms with Crippen molar-refractivity contribution >= 4 is 20.9 Å². The molecule has 0 aliphatic carbocycles. The predicted octanol–water partition coefficient (Wildman–Crippen LogP) is 6.55. The lowest BCUT2D eigenvalue weighted by atomic mass is 9.99. The molecule has 0 saturated heterocycles. The van der Waals surface area contributed by atoms with Gasteiger partial charge in [-0.05, 0) is 29.9 Å². The molecule has 2 aromatic rings. The number of unbranched alkanes of at least 4 members (excludes halogenated alkanes) is 9. The summed E-state index contributed by atoms with van der Waals surface area (Å²) < 4.78 is 32.9. The van der Waals surface area contributed by atoms with E-state index in [1.807, 2.05) is 24.3 Å². The molecule has 0 aromatic heterocycles. The van der Waals surface area contributed by atoms with E-state index >= 15 is 0 Å². The van der Waals surface area contributed by atoms with Gasteiger partial charge in [-0.3, -0.25) is 4.55 Å². The minimum absolute atomic E-state index is 0.0256. The second-order valence-corrected chi connectivity index (χ2v) is 8.57. The molecule has 0 fully saturated rings. The summed E-state index contributed by atoms with van der Waals surface area (Å²) in [6.07, 6.45) is 13.7. The van der Waals surface area contributed by atoms with Crippen molar-refractivity contribution in [3.05, 3.63) is 42.0 Å². The van der Waals surface area contributed by atoms with Crippen molar-refractivity contribution in [3.8, 4) is 0 Å². The number of hydrogen-bond donors (Lipinski definition) is 1. The summed E-state index contributed by atoms with van der Waals surface area (Å²) in [5.74, 6) is 0. The van der Waals surface area contributed by atoms with E-state index in [2.05, 4.69) is 6.92 Å². The van der Waals surface area contributed by atoms with E-state index in [1.54, 1.807) is 6.07 Å². The van der Waals surface area contributed by atoms with Crippen LogP contribution in [0.4, 0.5) is 0 Å². The highest BCUT2D eigenvalue weighted by molar-refractivity contribution is 7.86. The van der Waals surface area contributed by atoms with Crippen LogP contribution in [-0.4, -0.2) is 13.0 Å². The summed E-state index contributed by atoms with van der Waals surface area (Å²) in [5, 5.41) is 1.54. The maximum absolute atomic E-state index is 11.7. The molecule has 0 saturated carbocycles. The topological polar surface area (TPSA) is 54.4 Å². The van der Waals surface area contributed by atoms with Gasteiger partial charge in [-0.2, -0.15) is 8.42 Å². The average molecular weight is 377 g/mol. The van der Waals surface area contributed by atoms with Crippen molar-refractivity contribution in [2.45, 2.75) is 82.4 Å². The Kier molecular flexibility index (Phi) is 8.60. The molecule has 0 spiro atoms. The molecule has 0 aliphatic rings. The van der Waals surface area contributed by atoms with Gasteiger partial charge in [0, 0.05) is 5.39 Å². The molecule has 1 N–H and O–H groups in total. The zero-order valence-corrected chi connectivity index (χ0v) is 16.7. The number of rotatable bonds is 12. The SMILES string of the molecule is CCCCCCCCCCCCc1cccc2cccc(S(=O)(=O)O)c12. The van der Waals surface area contributed by atoms with Crippen molar-refractivity contribution in [3.63, 3.8) is 0 Å². The quantitative estimate of drug-likeness (QED) is 0.337. The molecule has 2 rings (SSSR count). The number of fused-ring (bicyclic) bond motifs is 1. The first-order chi connectivity index (χ1) is 12.5. The fourth-order valence-electron chi connectivity index (χ4n) is 3.61. The molecular formula is C22H32O3S. The Morgan fingerprint density at radius 1 is 0.769 bits per heavy atom. The Morgan fingerprint density at radius 3 is 1.88 bits per heavy atom. The number of aryl methyl sites for hydroxylation is 1. The Labute approximate surface area is 158 Å². The van der Waals surface area contributed by atoms with E-state index in [4.69, 9.17) is 0 Å². The summed E-state index contributed by atoms with van der Waals surface area (Å²) in [7, 11) is -4.20. The lowest BCUT2D eigenvalue weighted by Gasteiger charge is -2.10. The van der Waals surface area contributed by atoms with Gasteiger partial charge in [0.25, 0.3) is 10.1 Å². The maximum Gasteiger partial charge on any atom is 0.295 e. The molecule has 0 radical (unpaired) electrons. The highest BCUT2D eigenvalue weighted by atomic mass is 32.2. The molecule has 0 heterocycles. The van der Waals surface area contributed by atoms with Crippen LogP contribution in [0.3, 0.4) is 0 Å². The first-order valence-corrected chi connectivity index (χ1v) is 11.5. The molecule has 0 aliphatic heterocycles. The van der Waals surface area contributed by atoms with Crippen molar-refractivity contribution in [1.29, 1.82) is 0 Å². The Hall–Kier alpha value is -1.39. The summed E-state index contributed by atoms with van der Waals surface area (Å²) in [6, 6.07) is 10.9. The van der Waals surface area contributed by atoms with Gasteiger partial charge in [0.2, 0.25) is 0 Å². The van der Waals surface area contributed by atoms with Gasteiger partial charge in [0.15, 0.2) is 0 Å². The highest BCUT2D eigenvalue weighted by Gasteiger charge is 2.15. The molecule has 0 bridgehead atoms. The molecule has 0 amide bonds. The van der Waals surface area contributed by atoms with Gasteiger partial charge in [0.1, 0.15) is 4.90 Å². The van der Waals surface area contributed by atoms with Gasteiger partial charge >= 0.3 is 0 Å². The van der Waals surface area contributed by atoms with Crippen LogP contribution in [0.2, 0.25) is 0 Å². The summed E-state index contributed by atoms with van der Waals surface area (Å²) >= 11 is 0. The van der Waals surface area contributed by atoms with Gasteiger partial charge in [0.05, 0.1) is 0 Å². The standard InChI is InChI=1S/C22H32O3S/c1-2-3-4-5-6-7-8-9-10-11-14-19-15-12-16-20-17-13-18-21(22(19)20)26(23,24)25/h12-13,15-18H,2-11,14H2,1H3,(H,23,24,25). The second-order valence-electron chi connectivity index (χ2n) is 7.18. The van der Waals surface area contributed by atoms with E-state index < -0.39 is 10.1 Å². The van der Waals surface area contributed by atoms with E-state index in [0.29, 0.717) is 5.39 Å².